The molecule has 1 aromatic rings. The second kappa shape index (κ2) is 8.83. The predicted molar refractivity (Wildman–Crippen MR) is 93.4 cm³/mol. The Morgan fingerprint density at radius 1 is 1.29 bits per heavy atom. The number of hydrogen-bond acceptors (Lipinski definition) is 4. The highest BCUT2D eigenvalue weighted by Crippen LogP contribution is 2.20. The van der Waals surface area contributed by atoms with Crippen LogP contribution in [0.5, 0.6) is 0 Å². The number of rotatable bonds is 6. The summed E-state index contributed by atoms with van der Waals surface area (Å²) in [6.45, 7) is 7.54. The summed E-state index contributed by atoms with van der Waals surface area (Å²) >= 11 is 0. The second-order valence-corrected chi connectivity index (χ2v) is 6.40. The zero-order chi connectivity index (χ0) is 17.5. The summed E-state index contributed by atoms with van der Waals surface area (Å²) in [6.07, 6.45) is 1.75. The number of ether oxygens (including phenoxy) is 1. The average molecular weight is 332 g/mol. The maximum absolute atomic E-state index is 12.6. The maximum Gasteiger partial charge on any atom is 0.310 e. The van der Waals surface area contributed by atoms with Crippen LogP contribution in [0.2, 0.25) is 0 Å². The van der Waals surface area contributed by atoms with E-state index >= 15 is 0 Å². The van der Waals surface area contributed by atoms with E-state index in [1.807, 2.05) is 51.1 Å². The Balaban J connectivity index is 1.91. The van der Waals surface area contributed by atoms with Gasteiger partial charge in [-0.05, 0) is 45.7 Å². The molecule has 1 saturated heterocycles. The van der Waals surface area contributed by atoms with Gasteiger partial charge in [0.15, 0.2) is 0 Å². The fraction of sp³-hybridized carbons (Fsp3) is 0.579. The Morgan fingerprint density at radius 3 is 2.67 bits per heavy atom. The van der Waals surface area contributed by atoms with Crippen molar-refractivity contribution in [1.82, 2.24) is 10.2 Å². The molecule has 2 rings (SSSR count). The van der Waals surface area contributed by atoms with E-state index in [4.69, 9.17) is 4.74 Å². The number of piperidine rings is 1. The van der Waals surface area contributed by atoms with E-state index < -0.39 is 0 Å². The highest BCUT2D eigenvalue weighted by atomic mass is 16.5. The highest BCUT2D eigenvalue weighted by molar-refractivity contribution is 5.82. The van der Waals surface area contributed by atoms with Gasteiger partial charge in [0.25, 0.3) is 0 Å². The Bertz CT molecular complexity index is 547. The Labute approximate surface area is 144 Å². The molecule has 0 spiro atoms. The van der Waals surface area contributed by atoms with E-state index in [0.29, 0.717) is 13.2 Å². The molecule has 3 atom stereocenters. The van der Waals surface area contributed by atoms with E-state index in [2.05, 4.69) is 10.2 Å². The summed E-state index contributed by atoms with van der Waals surface area (Å²) in [5.41, 5.74) is 1.08. The summed E-state index contributed by atoms with van der Waals surface area (Å²) in [7, 11) is 0. The number of benzene rings is 1. The van der Waals surface area contributed by atoms with Gasteiger partial charge < -0.3 is 10.1 Å². The topological polar surface area (TPSA) is 58.6 Å². The lowest BCUT2D eigenvalue weighted by molar-refractivity contribution is -0.151. The largest absolute Gasteiger partial charge is 0.466 e. The first-order valence-electron chi connectivity index (χ1n) is 8.79. The molecule has 0 unspecified atom stereocenters. The maximum atomic E-state index is 12.6. The number of nitrogens with zero attached hydrogens (tertiary/aromatic N) is 1. The van der Waals surface area contributed by atoms with Crippen LogP contribution in [0.4, 0.5) is 0 Å². The van der Waals surface area contributed by atoms with Crippen LogP contribution in [0.15, 0.2) is 30.3 Å². The number of esters is 1. The minimum atomic E-state index is -0.256. The number of amides is 1. The first-order chi connectivity index (χ1) is 11.5. The summed E-state index contributed by atoms with van der Waals surface area (Å²) < 4.78 is 5.13. The molecule has 5 nitrogen and oxygen atoms in total. The molecule has 1 aliphatic rings. The van der Waals surface area contributed by atoms with Gasteiger partial charge in [-0.25, -0.2) is 0 Å². The monoisotopic (exact) mass is 332 g/mol. The number of carbonyl (C=O) groups excluding carboxylic acids is 2. The number of hydrogen-bond donors (Lipinski definition) is 1. The van der Waals surface area contributed by atoms with Crippen molar-refractivity contribution in [3.05, 3.63) is 35.9 Å². The van der Waals surface area contributed by atoms with Crippen molar-refractivity contribution in [1.29, 1.82) is 0 Å². The van der Waals surface area contributed by atoms with Crippen molar-refractivity contribution in [2.24, 2.45) is 5.92 Å². The van der Waals surface area contributed by atoms with E-state index in [0.717, 1.165) is 24.9 Å². The normalized spacial score (nSPS) is 20.9. The quantitative estimate of drug-likeness (QED) is 0.813. The van der Waals surface area contributed by atoms with Gasteiger partial charge in [0.2, 0.25) is 5.91 Å². The van der Waals surface area contributed by atoms with Crippen molar-refractivity contribution < 1.29 is 14.3 Å². The average Bonchev–Trinajstić information content (AvgIpc) is 2.62. The molecule has 0 radical (unpaired) electrons. The van der Waals surface area contributed by atoms with Gasteiger partial charge in [-0.3, -0.25) is 14.5 Å². The van der Waals surface area contributed by atoms with Gasteiger partial charge in [0.1, 0.15) is 0 Å². The molecule has 24 heavy (non-hydrogen) atoms. The fourth-order valence-electron chi connectivity index (χ4n) is 3.14. The minimum absolute atomic E-state index is 0.00383. The molecule has 1 amide bonds. The first-order valence-corrected chi connectivity index (χ1v) is 8.79. The molecule has 1 aliphatic heterocycles. The third-order valence-electron chi connectivity index (χ3n) is 4.66. The minimum Gasteiger partial charge on any atom is -0.466 e. The third-order valence-corrected chi connectivity index (χ3v) is 4.66. The van der Waals surface area contributed by atoms with E-state index in [1.54, 1.807) is 0 Å². The Morgan fingerprint density at radius 2 is 2.00 bits per heavy atom. The van der Waals surface area contributed by atoms with Crippen molar-refractivity contribution in [3.63, 3.8) is 0 Å². The molecule has 1 N–H and O–H groups in total. The molecule has 0 saturated carbocycles. The Kier molecular flexibility index (Phi) is 6.79. The van der Waals surface area contributed by atoms with E-state index in [-0.39, 0.29) is 29.9 Å². The van der Waals surface area contributed by atoms with Gasteiger partial charge in [-0.15, -0.1) is 0 Å². The third kappa shape index (κ3) is 4.81. The van der Waals surface area contributed by atoms with Gasteiger partial charge in [0, 0.05) is 6.54 Å². The van der Waals surface area contributed by atoms with Crippen molar-refractivity contribution in [3.8, 4) is 0 Å². The van der Waals surface area contributed by atoms with Crippen LogP contribution in [0, 0.1) is 5.92 Å². The van der Waals surface area contributed by atoms with Crippen LogP contribution >= 0.6 is 0 Å². The number of likely N-dealkylation sites (tertiary alicyclic amines) is 1. The fourth-order valence-corrected chi connectivity index (χ4v) is 3.14. The Hall–Kier alpha value is -1.88. The van der Waals surface area contributed by atoms with Crippen LogP contribution in [0.3, 0.4) is 0 Å². The number of carbonyl (C=O) groups is 2. The first kappa shape index (κ1) is 18.5. The summed E-state index contributed by atoms with van der Waals surface area (Å²) in [6, 6.07) is 9.62. The lowest BCUT2D eigenvalue weighted by Crippen LogP contribution is -2.50. The van der Waals surface area contributed by atoms with E-state index in [1.165, 1.54) is 0 Å². The molecule has 0 aliphatic carbocycles. The lowest BCUT2D eigenvalue weighted by atomic mass is 9.96. The summed E-state index contributed by atoms with van der Waals surface area (Å²) in [5.74, 6) is -0.274. The van der Waals surface area contributed by atoms with Crippen LogP contribution < -0.4 is 5.32 Å². The van der Waals surface area contributed by atoms with Crippen molar-refractivity contribution in [2.45, 2.75) is 45.7 Å². The molecular formula is C19H28N2O3. The molecule has 0 bridgehead atoms. The van der Waals surface area contributed by atoms with Gasteiger partial charge in [-0.1, -0.05) is 30.3 Å². The molecule has 1 aromatic carbocycles. The zero-order valence-corrected chi connectivity index (χ0v) is 14.8. The second-order valence-electron chi connectivity index (χ2n) is 6.40. The standard InChI is InChI=1S/C19H28N2O3/c1-4-24-19(23)17-11-8-12-21(13-17)15(3)18(22)20-14(2)16-9-6-5-7-10-16/h5-7,9-10,14-15,17H,4,8,11-13H2,1-3H3,(H,20,22)/t14-,15+,17-/m1/s1. The van der Waals surface area contributed by atoms with E-state index in [9.17, 15) is 9.59 Å². The smallest absolute Gasteiger partial charge is 0.310 e. The van der Waals surface area contributed by atoms with Crippen LogP contribution in [-0.2, 0) is 14.3 Å². The van der Waals surface area contributed by atoms with Crippen LogP contribution in [0.1, 0.15) is 45.2 Å². The molecule has 1 fully saturated rings. The number of nitrogens with one attached hydrogen (secondary N) is 1. The van der Waals surface area contributed by atoms with Crippen molar-refractivity contribution >= 4 is 11.9 Å². The molecule has 1 heterocycles. The molecule has 5 heteroatoms. The van der Waals surface area contributed by atoms with Gasteiger partial charge in [-0.2, -0.15) is 0 Å². The summed E-state index contributed by atoms with van der Waals surface area (Å²) in [4.78, 5) is 26.6. The van der Waals surface area contributed by atoms with Crippen LogP contribution in [-0.4, -0.2) is 42.5 Å². The van der Waals surface area contributed by atoms with Crippen molar-refractivity contribution in [2.75, 3.05) is 19.7 Å². The highest BCUT2D eigenvalue weighted by Gasteiger charge is 2.31. The predicted octanol–water partition coefficient (Wildman–Crippen LogP) is 2.53. The molecule has 132 valence electrons. The molecular weight excluding hydrogens is 304 g/mol. The summed E-state index contributed by atoms with van der Waals surface area (Å²) in [5, 5.41) is 3.07. The SMILES string of the molecule is CCOC(=O)[C@@H]1CCCN([C@@H](C)C(=O)N[C@H](C)c2ccccc2)C1. The van der Waals surface area contributed by atoms with Gasteiger partial charge in [0.05, 0.1) is 24.6 Å². The molecule has 0 aromatic heterocycles. The lowest BCUT2D eigenvalue weighted by Gasteiger charge is -2.35. The van der Waals surface area contributed by atoms with Gasteiger partial charge >= 0.3 is 5.97 Å². The van der Waals surface area contributed by atoms with Crippen LogP contribution in [0.25, 0.3) is 0 Å². The zero-order valence-electron chi connectivity index (χ0n) is 14.8.